The number of anilines is 1. The quantitative estimate of drug-likeness (QED) is 0.369. The summed E-state index contributed by atoms with van der Waals surface area (Å²) >= 11 is 10.4. The zero-order valence-corrected chi connectivity index (χ0v) is 21.2. The molecule has 0 saturated carbocycles. The van der Waals surface area contributed by atoms with Crippen LogP contribution in [-0.2, 0) is 9.59 Å². The summed E-state index contributed by atoms with van der Waals surface area (Å²) in [6.07, 6.45) is 1.65. The third-order valence-corrected chi connectivity index (χ3v) is 7.34. The summed E-state index contributed by atoms with van der Waals surface area (Å²) < 4.78 is 16.1. The molecule has 2 aromatic carbocycles. The van der Waals surface area contributed by atoms with Crippen molar-refractivity contribution in [1.82, 2.24) is 9.47 Å². The monoisotopic (exact) mass is 561 g/mol. The molecule has 6 nitrogen and oxygen atoms in total. The zero-order chi connectivity index (χ0) is 24.6. The lowest BCUT2D eigenvalue weighted by Gasteiger charge is -2.12. The summed E-state index contributed by atoms with van der Waals surface area (Å²) in [5.74, 6) is -1.66. The Balaban J connectivity index is 1.54. The fourth-order valence-electron chi connectivity index (χ4n) is 3.64. The molecule has 3 amide bonds. The lowest BCUT2D eigenvalue weighted by atomic mass is 10.2. The molecule has 0 atom stereocenters. The average molecular weight is 563 g/mol. The first-order valence-corrected chi connectivity index (χ1v) is 12.1. The number of nitrogens with one attached hydrogen (secondary N) is 1. The van der Waals surface area contributed by atoms with Crippen molar-refractivity contribution in [2.24, 2.45) is 0 Å². The topological polar surface area (TPSA) is 71.4 Å². The number of rotatable bonds is 5. The van der Waals surface area contributed by atoms with E-state index in [-0.39, 0.29) is 10.6 Å². The van der Waals surface area contributed by atoms with Gasteiger partial charge in [0, 0.05) is 27.2 Å². The molecule has 0 aliphatic carbocycles. The number of halogens is 3. The van der Waals surface area contributed by atoms with Crippen LogP contribution in [0.25, 0.3) is 11.8 Å². The minimum atomic E-state index is -0.598. The molecular formula is C24H18BrClFN3O3S. The standard InChI is InChI=1S/C24H18BrClFN3O3S/c1-13-8-15(14(2)30(13)18-6-7-19(25)20(26)11-18)9-21-23(32)29(24(33)34-21)12-22(31)28-17-5-3-4-16(27)10-17/h3-11H,12H2,1-2H3,(H,28,31)/b21-9+. The average Bonchev–Trinajstić information content (AvgIpc) is 3.19. The molecule has 0 unspecified atom stereocenters. The van der Waals surface area contributed by atoms with Crippen molar-refractivity contribution in [1.29, 1.82) is 0 Å². The SMILES string of the molecule is Cc1cc(/C=C2/SC(=O)N(CC(=O)Nc3cccc(F)c3)C2=O)c(C)n1-c1ccc(Br)c(Cl)c1. The highest BCUT2D eigenvalue weighted by Gasteiger charge is 2.36. The van der Waals surface area contributed by atoms with Crippen molar-refractivity contribution in [3.05, 3.63) is 85.7 Å². The maximum absolute atomic E-state index is 13.3. The van der Waals surface area contributed by atoms with Gasteiger partial charge in [0.15, 0.2) is 0 Å². The molecule has 174 valence electrons. The van der Waals surface area contributed by atoms with Crippen LogP contribution in [0.5, 0.6) is 0 Å². The van der Waals surface area contributed by atoms with Gasteiger partial charge in [0.1, 0.15) is 12.4 Å². The van der Waals surface area contributed by atoms with Crippen molar-refractivity contribution in [2.45, 2.75) is 13.8 Å². The second-order valence-corrected chi connectivity index (χ2v) is 9.84. The lowest BCUT2D eigenvalue weighted by Crippen LogP contribution is -2.36. The predicted molar refractivity (Wildman–Crippen MR) is 136 cm³/mol. The summed E-state index contributed by atoms with van der Waals surface area (Å²) in [5.41, 5.74) is 3.67. The van der Waals surface area contributed by atoms with E-state index in [4.69, 9.17) is 11.6 Å². The van der Waals surface area contributed by atoms with Crippen molar-refractivity contribution in [3.8, 4) is 5.69 Å². The van der Waals surface area contributed by atoms with E-state index < -0.39 is 29.4 Å². The fourth-order valence-corrected chi connectivity index (χ4v) is 4.89. The smallest absolute Gasteiger partial charge is 0.294 e. The van der Waals surface area contributed by atoms with Crippen molar-refractivity contribution >= 4 is 68.1 Å². The highest BCUT2D eigenvalue weighted by Crippen LogP contribution is 2.34. The first-order chi connectivity index (χ1) is 16.1. The van der Waals surface area contributed by atoms with Crippen molar-refractivity contribution in [3.63, 3.8) is 0 Å². The summed E-state index contributed by atoms with van der Waals surface area (Å²) in [6, 6.07) is 12.9. The number of benzene rings is 2. The van der Waals surface area contributed by atoms with E-state index in [9.17, 15) is 18.8 Å². The van der Waals surface area contributed by atoms with Gasteiger partial charge in [-0.1, -0.05) is 17.7 Å². The zero-order valence-electron chi connectivity index (χ0n) is 18.1. The summed E-state index contributed by atoms with van der Waals surface area (Å²) in [4.78, 5) is 38.7. The van der Waals surface area contributed by atoms with E-state index >= 15 is 0 Å². The van der Waals surface area contributed by atoms with Gasteiger partial charge >= 0.3 is 0 Å². The Hall–Kier alpha value is -2.88. The molecular weight excluding hydrogens is 545 g/mol. The van der Waals surface area contributed by atoms with Gasteiger partial charge in [-0.25, -0.2) is 4.39 Å². The number of imide groups is 1. The van der Waals surface area contributed by atoms with Gasteiger partial charge in [-0.15, -0.1) is 0 Å². The fraction of sp³-hybridized carbons (Fsp3) is 0.125. The molecule has 10 heteroatoms. The van der Waals surface area contributed by atoms with Crippen LogP contribution >= 0.6 is 39.3 Å². The van der Waals surface area contributed by atoms with Crippen molar-refractivity contribution in [2.75, 3.05) is 11.9 Å². The molecule has 3 aromatic rings. The van der Waals surface area contributed by atoms with Crippen LogP contribution in [0.4, 0.5) is 14.9 Å². The van der Waals surface area contributed by atoms with Crippen LogP contribution in [0, 0.1) is 19.7 Å². The van der Waals surface area contributed by atoms with Crippen LogP contribution in [0.15, 0.2) is 57.9 Å². The van der Waals surface area contributed by atoms with Crippen molar-refractivity contribution < 1.29 is 18.8 Å². The van der Waals surface area contributed by atoms with Gasteiger partial charge in [0.25, 0.3) is 11.1 Å². The Morgan fingerprint density at radius 2 is 1.94 bits per heavy atom. The highest BCUT2D eigenvalue weighted by atomic mass is 79.9. The van der Waals surface area contributed by atoms with Gasteiger partial charge in [0.2, 0.25) is 5.91 Å². The number of hydrogen-bond acceptors (Lipinski definition) is 4. The number of amides is 3. The van der Waals surface area contributed by atoms with E-state index in [2.05, 4.69) is 21.2 Å². The molecule has 1 N–H and O–H groups in total. The Morgan fingerprint density at radius 3 is 2.65 bits per heavy atom. The number of hydrogen-bond donors (Lipinski definition) is 1. The number of aromatic nitrogens is 1. The van der Waals surface area contributed by atoms with E-state index in [1.165, 1.54) is 18.2 Å². The number of carbonyl (C=O) groups is 3. The van der Waals surface area contributed by atoms with Gasteiger partial charge in [-0.2, -0.15) is 0 Å². The first kappa shape index (κ1) is 24.3. The maximum atomic E-state index is 13.3. The Kier molecular flexibility index (Phi) is 6.97. The third kappa shape index (κ3) is 4.96. The molecule has 1 aliphatic heterocycles. The number of nitrogens with zero attached hydrogens (tertiary/aromatic N) is 2. The number of aryl methyl sites for hydroxylation is 1. The number of thioether (sulfide) groups is 1. The van der Waals surface area contributed by atoms with Crippen LogP contribution in [0.1, 0.15) is 17.0 Å². The molecule has 4 rings (SSSR count). The Labute approximate surface area is 212 Å². The summed E-state index contributed by atoms with van der Waals surface area (Å²) in [7, 11) is 0. The van der Waals surface area contributed by atoms with Crippen LogP contribution in [0.2, 0.25) is 5.02 Å². The van der Waals surface area contributed by atoms with E-state index in [0.29, 0.717) is 5.02 Å². The van der Waals surface area contributed by atoms with E-state index in [0.717, 1.165) is 49.8 Å². The second-order valence-electron chi connectivity index (χ2n) is 7.59. The normalized spacial score (nSPS) is 14.9. The van der Waals surface area contributed by atoms with Gasteiger partial charge in [0.05, 0.1) is 9.93 Å². The summed E-state index contributed by atoms with van der Waals surface area (Å²) in [6.45, 7) is 3.38. The molecule has 0 spiro atoms. The van der Waals surface area contributed by atoms with E-state index in [1.807, 2.05) is 42.7 Å². The minimum Gasteiger partial charge on any atom is -0.324 e. The highest BCUT2D eigenvalue weighted by molar-refractivity contribution is 9.10. The molecule has 1 aliphatic rings. The van der Waals surface area contributed by atoms with Gasteiger partial charge in [-0.3, -0.25) is 19.3 Å². The molecule has 0 bridgehead atoms. The summed E-state index contributed by atoms with van der Waals surface area (Å²) in [5, 5.41) is 2.52. The number of carbonyl (C=O) groups excluding carboxylic acids is 3. The Morgan fingerprint density at radius 1 is 1.18 bits per heavy atom. The molecule has 1 fully saturated rings. The lowest BCUT2D eigenvalue weighted by molar-refractivity contribution is -0.127. The molecule has 0 radical (unpaired) electrons. The largest absolute Gasteiger partial charge is 0.324 e. The molecule has 2 heterocycles. The maximum Gasteiger partial charge on any atom is 0.294 e. The van der Waals surface area contributed by atoms with Crippen LogP contribution in [0.3, 0.4) is 0 Å². The Bertz CT molecular complexity index is 1370. The van der Waals surface area contributed by atoms with Gasteiger partial charge < -0.3 is 9.88 Å². The van der Waals surface area contributed by atoms with Crippen LogP contribution < -0.4 is 5.32 Å². The minimum absolute atomic E-state index is 0.220. The predicted octanol–water partition coefficient (Wildman–Crippen LogP) is 6.32. The third-order valence-electron chi connectivity index (χ3n) is 5.20. The molecule has 1 saturated heterocycles. The first-order valence-electron chi connectivity index (χ1n) is 10.1. The van der Waals surface area contributed by atoms with E-state index in [1.54, 1.807) is 6.08 Å². The van der Waals surface area contributed by atoms with Crippen LogP contribution in [-0.4, -0.2) is 33.1 Å². The second kappa shape index (κ2) is 9.77. The molecule has 34 heavy (non-hydrogen) atoms. The van der Waals surface area contributed by atoms with Gasteiger partial charge in [-0.05, 0) is 95.6 Å². The molecule has 1 aromatic heterocycles.